The summed E-state index contributed by atoms with van der Waals surface area (Å²) in [5.41, 5.74) is 3.04. The highest BCUT2D eigenvalue weighted by Crippen LogP contribution is 2.28. The lowest BCUT2D eigenvalue weighted by molar-refractivity contribution is -0.132. The molecule has 1 heterocycles. The van der Waals surface area contributed by atoms with E-state index in [0.29, 0.717) is 25.4 Å². The van der Waals surface area contributed by atoms with Crippen molar-refractivity contribution in [2.75, 3.05) is 13.2 Å². The molecule has 0 radical (unpaired) electrons. The summed E-state index contributed by atoms with van der Waals surface area (Å²) in [5.74, 6) is 0.999. The number of benzene rings is 2. The molecule has 0 atom stereocenters. The summed E-state index contributed by atoms with van der Waals surface area (Å²) in [4.78, 5) is 19.2. The van der Waals surface area contributed by atoms with Crippen molar-refractivity contribution in [2.45, 2.75) is 31.7 Å². The number of hydrogen-bond acceptors (Lipinski definition) is 3. The number of nitrogens with zero attached hydrogens (tertiary/aromatic N) is 3. The van der Waals surface area contributed by atoms with Crippen molar-refractivity contribution < 1.29 is 9.90 Å². The first-order valence-electron chi connectivity index (χ1n) is 9.20. The summed E-state index contributed by atoms with van der Waals surface area (Å²) in [6.07, 6.45) is 3.09. The minimum atomic E-state index is 0.0186. The monoisotopic (exact) mass is 349 g/mol. The number of para-hydroxylation sites is 3. The van der Waals surface area contributed by atoms with Gasteiger partial charge in [0, 0.05) is 31.1 Å². The van der Waals surface area contributed by atoms with Crippen molar-refractivity contribution in [3.8, 4) is 5.69 Å². The molecule has 5 nitrogen and oxygen atoms in total. The number of aliphatic hydroxyl groups is 1. The molecule has 1 N–H and O–H groups in total. The predicted octanol–water partition coefficient (Wildman–Crippen LogP) is 2.94. The maximum absolute atomic E-state index is 12.6. The molecule has 2 aromatic carbocycles. The lowest BCUT2D eigenvalue weighted by atomic mass is 10.2. The van der Waals surface area contributed by atoms with Gasteiger partial charge in [0.2, 0.25) is 5.91 Å². The molecule has 0 unspecified atom stereocenters. The number of aromatic nitrogens is 2. The first-order valence-corrected chi connectivity index (χ1v) is 9.20. The number of carbonyl (C=O) groups excluding carboxylic acids is 1. The molecular weight excluding hydrogens is 326 g/mol. The van der Waals surface area contributed by atoms with Gasteiger partial charge in [-0.1, -0.05) is 30.3 Å². The first kappa shape index (κ1) is 16.8. The number of rotatable bonds is 7. The van der Waals surface area contributed by atoms with Crippen LogP contribution in [-0.2, 0) is 11.2 Å². The molecule has 4 rings (SSSR count). The number of carbonyl (C=O) groups is 1. The summed E-state index contributed by atoms with van der Waals surface area (Å²) < 4.78 is 2.14. The van der Waals surface area contributed by atoms with Gasteiger partial charge in [-0.25, -0.2) is 4.98 Å². The molecule has 5 heteroatoms. The van der Waals surface area contributed by atoms with E-state index >= 15 is 0 Å². The Labute approximate surface area is 152 Å². The SMILES string of the molecule is O=C(CCc1nc2ccccc2n1-c1ccccc1)N(CCO)C1CC1. The summed E-state index contributed by atoms with van der Waals surface area (Å²) >= 11 is 0. The van der Waals surface area contributed by atoms with E-state index in [0.717, 1.165) is 35.4 Å². The Morgan fingerprint density at radius 2 is 1.85 bits per heavy atom. The molecule has 3 aromatic rings. The Hall–Kier alpha value is -2.66. The van der Waals surface area contributed by atoms with Crippen molar-refractivity contribution >= 4 is 16.9 Å². The van der Waals surface area contributed by atoms with Gasteiger partial charge in [-0.3, -0.25) is 9.36 Å². The molecule has 0 spiro atoms. The molecule has 0 saturated heterocycles. The summed E-state index contributed by atoms with van der Waals surface area (Å²) in [7, 11) is 0. The third-order valence-electron chi connectivity index (χ3n) is 4.86. The van der Waals surface area contributed by atoms with Crippen LogP contribution in [0.3, 0.4) is 0 Å². The number of amides is 1. The molecule has 1 saturated carbocycles. The van der Waals surface area contributed by atoms with Gasteiger partial charge >= 0.3 is 0 Å². The van der Waals surface area contributed by atoms with Crippen LogP contribution in [0.4, 0.5) is 0 Å². The Morgan fingerprint density at radius 3 is 2.58 bits per heavy atom. The van der Waals surface area contributed by atoms with E-state index in [-0.39, 0.29) is 12.5 Å². The largest absolute Gasteiger partial charge is 0.395 e. The normalized spacial score (nSPS) is 13.9. The fraction of sp³-hybridized carbons (Fsp3) is 0.333. The van der Waals surface area contributed by atoms with Crippen LogP contribution in [0.1, 0.15) is 25.1 Å². The topological polar surface area (TPSA) is 58.4 Å². The zero-order valence-corrected chi connectivity index (χ0v) is 14.7. The van der Waals surface area contributed by atoms with Gasteiger partial charge in [0.1, 0.15) is 5.82 Å². The maximum Gasteiger partial charge on any atom is 0.223 e. The number of aliphatic hydroxyl groups excluding tert-OH is 1. The van der Waals surface area contributed by atoms with Gasteiger partial charge in [0.25, 0.3) is 0 Å². The predicted molar refractivity (Wildman–Crippen MR) is 101 cm³/mol. The Morgan fingerprint density at radius 1 is 1.12 bits per heavy atom. The fourth-order valence-corrected chi connectivity index (χ4v) is 3.48. The highest BCUT2D eigenvalue weighted by atomic mass is 16.3. The van der Waals surface area contributed by atoms with Crippen LogP contribution < -0.4 is 0 Å². The van der Waals surface area contributed by atoms with Gasteiger partial charge in [0.05, 0.1) is 17.6 Å². The van der Waals surface area contributed by atoms with Gasteiger partial charge < -0.3 is 10.0 Å². The average Bonchev–Trinajstić information content (AvgIpc) is 3.44. The molecule has 1 amide bonds. The Kier molecular flexibility index (Phi) is 4.71. The second-order valence-electron chi connectivity index (χ2n) is 6.73. The van der Waals surface area contributed by atoms with Gasteiger partial charge in [-0.05, 0) is 37.1 Å². The second-order valence-corrected chi connectivity index (χ2v) is 6.73. The number of hydrogen-bond donors (Lipinski definition) is 1. The van der Waals surface area contributed by atoms with Gasteiger partial charge in [-0.2, -0.15) is 0 Å². The summed E-state index contributed by atoms with van der Waals surface area (Å²) in [6, 6.07) is 18.5. The van der Waals surface area contributed by atoms with Crippen LogP contribution in [0.25, 0.3) is 16.7 Å². The van der Waals surface area contributed by atoms with Gasteiger partial charge in [0.15, 0.2) is 0 Å². The third-order valence-corrected chi connectivity index (χ3v) is 4.86. The van der Waals surface area contributed by atoms with Crippen LogP contribution in [-0.4, -0.2) is 44.7 Å². The Bertz CT molecular complexity index is 900. The molecule has 0 bridgehead atoms. The lowest BCUT2D eigenvalue weighted by Crippen LogP contribution is -2.35. The molecule has 26 heavy (non-hydrogen) atoms. The van der Waals surface area contributed by atoms with Crippen molar-refractivity contribution in [2.24, 2.45) is 0 Å². The smallest absolute Gasteiger partial charge is 0.223 e. The summed E-state index contributed by atoms with van der Waals surface area (Å²) in [6.45, 7) is 0.448. The molecule has 134 valence electrons. The average molecular weight is 349 g/mol. The molecule has 1 aliphatic carbocycles. The van der Waals surface area contributed by atoms with E-state index in [1.165, 1.54) is 0 Å². The third kappa shape index (κ3) is 3.35. The number of fused-ring (bicyclic) bond motifs is 1. The van der Waals surface area contributed by atoms with E-state index in [2.05, 4.69) is 22.8 Å². The fourth-order valence-electron chi connectivity index (χ4n) is 3.48. The van der Waals surface area contributed by atoms with Crippen LogP contribution >= 0.6 is 0 Å². The van der Waals surface area contributed by atoms with Crippen molar-refractivity contribution in [3.63, 3.8) is 0 Å². The highest BCUT2D eigenvalue weighted by Gasteiger charge is 2.31. The number of imidazole rings is 1. The van der Waals surface area contributed by atoms with Crippen LogP contribution in [0.5, 0.6) is 0 Å². The van der Waals surface area contributed by atoms with E-state index < -0.39 is 0 Å². The van der Waals surface area contributed by atoms with E-state index in [1.807, 2.05) is 41.3 Å². The van der Waals surface area contributed by atoms with Crippen molar-refractivity contribution in [1.29, 1.82) is 0 Å². The zero-order chi connectivity index (χ0) is 17.9. The lowest BCUT2D eigenvalue weighted by Gasteiger charge is -2.21. The van der Waals surface area contributed by atoms with Crippen LogP contribution in [0, 0.1) is 0 Å². The standard InChI is InChI=1S/C21H23N3O2/c25-15-14-23(16-10-11-16)21(26)13-12-20-22-18-8-4-5-9-19(18)24(20)17-6-2-1-3-7-17/h1-9,16,25H,10-15H2. The summed E-state index contributed by atoms with van der Waals surface area (Å²) in [5, 5.41) is 9.23. The molecular formula is C21H23N3O2. The van der Waals surface area contributed by atoms with E-state index in [4.69, 9.17) is 4.98 Å². The van der Waals surface area contributed by atoms with Crippen molar-refractivity contribution in [1.82, 2.24) is 14.5 Å². The molecule has 1 aliphatic rings. The van der Waals surface area contributed by atoms with Crippen LogP contribution in [0.2, 0.25) is 0 Å². The van der Waals surface area contributed by atoms with Crippen LogP contribution in [0.15, 0.2) is 54.6 Å². The minimum Gasteiger partial charge on any atom is -0.395 e. The second kappa shape index (κ2) is 7.30. The minimum absolute atomic E-state index is 0.0186. The zero-order valence-electron chi connectivity index (χ0n) is 14.7. The van der Waals surface area contributed by atoms with E-state index in [1.54, 1.807) is 0 Å². The molecule has 1 aromatic heterocycles. The first-order chi connectivity index (χ1) is 12.8. The quantitative estimate of drug-likeness (QED) is 0.713. The molecule has 0 aliphatic heterocycles. The van der Waals surface area contributed by atoms with Gasteiger partial charge in [-0.15, -0.1) is 0 Å². The highest BCUT2D eigenvalue weighted by molar-refractivity contribution is 5.79. The molecule has 1 fully saturated rings. The van der Waals surface area contributed by atoms with Crippen molar-refractivity contribution in [3.05, 3.63) is 60.4 Å². The number of aryl methyl sites for hydroxylation is 1. The maximum atomic E-state index is 12.6. The van der Waals surface area contributed by atoms with E-state index in [9.17, 15) is 9.90 Å². The Balaban J connectivity index is 1.61.